The van der Waals surface area contributed by atoms with E-state index >= 15 is 0 Å². The topological polar surface area (TPSA) is 146 Å². The molecule has 0 aliphatic heterocycles. The summed E-state index contributed by atoms with van der Waals surface area (Å²) in [7, 11) is 0. The number of pyridine rings is 2. The van der Waals surface area contributed by atoms with Gasteiger partial charge in [-0.15, -0.1) is 0 Å². The zero-order chi connectivity index (χ0) is 57.0. The summed E-state index contributed by atoms with van der Waals surface area (Å²) < 4.78 is 258. The predicted molar refractivity (Wildman–Crippen MR) is 203 cm³/mol. The Balaban J connectivity index is 0. The van der Waals surface area contributed by atoms with Crippen molar-refractivity contribution in [3.8, 4) is 0 Å². The third kappa shape index (κ3) is 16.5. The monoisotopic (exact) mass is 1230 g/mol. The molecule has 72 heavy (non-hydrogen) atoms. The number of nitrogens with zero attached hydrogens (tertiary/aromatic N) is 2. The molecule has 0 unspecified atom stereocenters. The summed E-state index contributed by atoms with van der Waals surface area (Å²) in [6, 6.07) is 12.1. The van der Waals surface area contributed by atoms with Gasteiger partial charge in [-0.3, -0.25) is 24.4 Å². The maximum absolute atomic E-state index is 12.8. The normalized spacial score (nSPS) is 14.4. The molecule has 1 aromatic carbocycles. The van der Waals surface area contributed by atoms with E-state index in [2.05, 4.69) is 34.2 Å². The summed E-state index contributed by atoms with van der Waals surface area (Å²) >= 11 is 0. The van der Waals surface area contributed by atoms with Gasteiger partial charge in [0.1, 0.15) is 0 Å². The van der Waals surface area contributed by atoms with E-state index in [0.29, 0.717) is 0 Å². The fraction of sp³-hybridized carbons (Fsp3) is 0.500. The van der Waals surface area contributed by atoms with Gasteiger partial charge >= 0.3 is 92.2 Å². The maximum atomic E-state index is 12.8. The molecule has 2 heterocycles. The second-order valence-corrected chi connectivity index (χ2v) is 17.5. The van der Waals surface area contributed by atoms with Gasteiger partial charge in [-0.1, -0.05) is 104 Å². The number of ketones is 3. The molecule has 0 saturated heterocycles. The largest absolute Gasteiger partial charge is 3.00 e. The summed E-state index contributed by atoms with van der Waals surface area (Å²) in [4.78, 5) is 42.2. The first-order chi connectivity index (χ1) is 31.1. The molecule has 409 valence electrons. The standard InChI is InChI=1S/C12H8N2.3C10H11F7O2.Dy/c1-3-9-5-6-10-4-2-8-14-12(10)11(9)13-7-1;3*1-7(2,3)5(18)4-6(19)8(11,12)9(13,14)10(15,16)17;/h1-8H;3*4,19H,1-3H3;/q;;;;+3/p-3/b;3*6-4-;. The Morgan fingerprint density at radius 3 is 0.750 bits per heavy atom. The van der Waals surface area contributed by atoms with Crippen LogP contribution in [0.1, 0.15) is 62.3 Å². The number of allylic oxidation sites excluding steroid dienone is 6. The Kier molecular flexibility index (Phi) is 22.6. The average molecular weight is 1230 g/mol. The molecule has 3 rings (SSSR count). The van der Waals surface area contributed by atoms with Crippen molar-refractivity contribution in [3.05, 3.63) is 84.3 Å². The van der Waals surface area contributed by atoms with Gasteiger partial charge in [-0.05, 0) is 30.4 Å². The first kappa shape index (κ1) is 69.5. The van der Waals surface area contributed by atoms with Crippen molar-refractivity contribution in [2.24, 2.45) is 16.2 Å². The predicted octanol–water partition coefficient (Wildman–Crippen LogP) is 10.8. The van der Waals surface area contributed by atoms with Crippen LogP contribution in [-0.4, -0.2) is 81.4 Å². The molecule has 0 aliphatic carbocycles. The molecule has 0 fully saturated rings. The number of carbonyl (C=O) groups excluding carboxylic acids is 3. The Hall–Kier alpha value is -4.53. The molecule has 0 spiro atoms. The van der Waals surface area contributed by atoms with Crippen LogP contribution in [0.25, 0.3) is 21.8 Å². The van der Waals surface area contributed by atoms with Crippen molar-refractivity contribution in [2.45, 2.75) is 116 Å². The summed E-state index contributed by atoms with van der Waals surface area (Å²) in [6.07, 6.45) is -17.5. The smallest absolute Gasteiger partial charge is 0.871 e. The van der Waals surface area contributed by atoms with E-state index in [0.717, 1.165) is 21.8 Å². The van der Waals surface area contributed by atoms with Crippen LogP contribution >= 0.6 is 0 Å². The van der Waals surface area contributed by atoms with Crippen LogP contribution in [0, 0.1) is 54.4 Å². The van der Waals surface area contributed by atoms with Crippen molar-refractivity contribution in [1.82, 2.24) is 9.97 Å². The Labute approximate surface area is 424 Å². The van der Waals surface area contributed by atoms with Gasteiger partial charge in [0.25, 0.3) is 0 Å². The van der Waals surface area contributed by atoms with Crippen LogP contribution in [0.15, 0.2) is 84.3 Å². The minimum atomic E-state index is -6.61. The van der Waals surface area contributed by atoms with Gasteiger partial charge in [-0.25, -0.2) is 0 Å². The van der Waals surface area contributed by atoms with Crippen LogP contribution in [0.4, 0.5) is 92.2 Å². The van der Waals surface area contributed by atoms with Crippen molar-refractivity contribution in [1.29, 1.82) is 0 Å². The van der Waals surface area contributed by atoms with Crippen LogP contribution < -0.4 is 15.3 Å². The Morgan fingerprint density at radius 2 is 0.583 bits per heavy atom. The number of carbonyl (C=O) groups is 3. The molecule has 1 radical (unpaired) electrons. The minimum absolute atomic E-state index is 0. The van der Waals surface area contributed by atoms with E-state index in [1.165, 1.54) is 62.3 Å². The first-order valence-corrected chi connectivity index (χ1v) is 19.0. The third-order valence-electron chi connectivity index (χ3n) is 8.53. The average Bonchev–Trinajstić information content (AvgIpc) is 3.18. The van der Waals surface area contributed by atoms with E-state index in [9.17, 15) is 122 Å². The van der Waals surface area contributed by atoms with Crippen molar-refractivity contribution in [3.63, 3.8) is 0 Å². The van der Waals surface area contributed by atoms with Gasteiger partial charge in [0.15, 0.2) is 17.3 Å². The summed E-state index contributed by atoms with van der Waals surface area (Å²) in [5.41, 5.74) is -2.13. The van der Waals surface area contributed by atoms with Crippen LogP contribution in [0.5, 0.6) is 0 Å². The first-order valence-electron chi connectivity index (χ1n) is 19.0. The summed E-state index contributed by atoms with van der Waals surface area (Å²) in [5, 5.41) is 34.7. The number of hydrogen-bond acceptors (Lipinski definition) is 8. The van der Waals surface area contributed by atoms with E-state index in [1.807, 2.05) is 12.1 Å². The fourth-order valence-corrected chi connectivity index (χ4v) is 3.96. The van der Waals surface area contributed by atoms with Crippen molar-refractivity contribution >= 4 is 39.2 Å². The number of hydrogen-bond donors (Lipinski definition) is 0. The van der Waals surface area contributed by atoms with Gasteiger partial charge in [0, 0.05) is 39.4 Å². The summed E-state index contributed by atoms with van der Waals surface area (Å²) in [6.45, 7) is 10.6. The number of fused-ring (bicyclic) bond motifs is 3. The van der Waals surface area contributed by atoms with Gasteiger partial charge < -0.3 is 15.3 Å². The second-order valence-electron chi connectivity index (χ2n) is 17.5. The minimum Gasteiger partial charge on any atom is -0.871 e. The number of halogens is 21. The Bertz CT molecular complexity index is 2220. The maximum Gasteiger partial charge on any atom is 3.00 e. The molecule has 3 aromatic rings. The molecule has 8 nitrogen and oxygen atoms in total. The molecular formula is C42H38DyF21N2O6. The van der Waals surface area contributed by atoms with E-state index in [-0.39, 0.29) is 38.2 Å². The van der Waals surface area contributed by atoms with Crippen LogP contribution in [-0.2, 0) is 14.4 Å². The second kappa shape index (κ2) is 23.3. The molecule has 0 amide bonds. The molecule has 0 atom stereocenters. The SMILES string of the molecule is CC(C)(C)C(=O)/C=C(\[O-])C(F)(F)C(F)(F)C(F)(F)F.CC(C)(C)C(=O)/C=C(\[O-])C(F)(F)C(F)(F)C(F)(F)F.CC(C)(C)C(=O)/C=C(\[O-])C(F)(F)C(F)(F)C(F)(F)F.[Dy+3].c1cnc2c(c1)ccc1cccnc12. The molecule has 0 bridgehead atoms. The van der Waals surface area contributed by atoms with E-state index < -0.39 is 123 Å². The molecule has 0 saturated carbocycles. The molecule has 2 aromatic heterocycles. The van der Waals surface area contributed by atoms with E-state index in [4.69, 9.17) is 0 Å². The molecule has 0 N–H and O–H groups in total. The zero-order valence-corrected chi connectivity index (χ0v) is 40.0. The third-order valence-corrected chi connectivity index (χ3v) is 8.53. The molecular weight excluding hydrogens is 1190 g/mol. The van der Waals surface area contributed by atoms with Crippen molar-refractivity contribution in [2.75, 3.05) is 0 Å². The van der Waals surface area contributed by atoms with Crippen molar-refractivity contribution < 1.29 is 160 Å². The quantitative estimate of drug-likeness (QED) is 0.0891. The Morgan fingerprint density at radius 1 is 0.389 bits per heavy atom. The van der Waals surface area contributed by atoms with Gasteiger partial charge in [0.2, 0.25) is 0 Å². The number of alkyl halides is 21. The molecule has 0 aliphatic rings. The number of benzene rings is 1. The molecule has 30 heteroatoms. The number of rotatable bonds is 9. The fourth-order valence-electron chi connectivity index (χ4n) is 3.96. The number of aromatic nitrogens is 2. The van der Waals surface area contributed by atoms with Gasteiger partial charge in [-0.2, -0.15) is 92.2 Å². The van der Waals surface area contributed by atoms with E-state index in [1.54, 1.807) is 12.4 Å². The van der Waals surface area contributed by atoms with Crippen LogP contribution in [0.3, 0.4) is 0 Å². The summed E-state index contributed by atoms with van der Waals surface area (Å²) in [5.74, 6) is -50.2. The van der Waals surface area contributed by atoms with Crippen LogP contribution in [0.2, 0.25) is 0 Å². The zero-order valence-electron chi connectivity index (χ0n) is 37.9. The van der Waals surface area contributed by atoms with Gasteiger partial charge in [0.05, 0.1) is 11.0 Å².